The number of hydrogen-bond donors (Lipinski definition) is 2. The van der Waals surface area contributed by atoms with Gasteiger partial charge in [0, 0.05) is 0 Å². The SMILES string of the molecule is O=C(Nc1nnc(-c2ccc(Br)o2)o1)NC(c1ccccc1)c1ccccc1. The summed E-state index contributed by atoms with van der Waals surface area (Å²) in [5.41, 5.74) is 1.91. The van der Waals surface area contributed by atoms with Crippen molar-refractivity contribution in [1.82, 2.24) is 15.5 Å². The molecule has 0 saturated heterocycles. The van der Waals surface area contributed by atoms with E-state index in [9.17, 15) is 4.79 Å². The van der Waals surface area contributed by atoms with Crippen LogP contribution in [0.5, 0.6) is 0 Å². The van der Waals surface area contributed by atoms with Crippen LogP contribution in [0.25, 0.3) is 11.7 Å². The van der Waals surface area contributed by atoms with E-state index in [1.807, 2.05) is 60.7 Å². The van der Waals surface area contributed by atoms with Gasteiger partial charge in [0.25, 0.3) is 5.89 Å². The third kappa shape index (κ3) is 4.12. The molecule has 2 amide bonds. The zero-order valence-corrected chi connectivity index (χ0v) is 16.1. The molecule has 0 atom stereocenters. The number of urea groups is 1. The normalized spacial score (nSPS) is 10.8. The van der Waals surface area contributed by atoms with Crippen LogP contribution in [0.1, 0.15) is 17.2 Å². The molecule has 2 aromatic heterocycles. The van der Waals surface area contributed by atoms with E-state index in [4.69, 9.17) is 8.83 Å². The Labute approximate surface area is 168 Å². The van der Waals surface area contributed by atoms with Gasteiger partial charge in [-0.05, 0) is 39.2 Å². The predicted molar refractivity (Wildman–Crippen MR) is 107 cm³/mol. The van der Waals surface area contributed by atoms with Gasteiger partial charge in [-0.15, -0.1) is 5.10 Å². The number of benzene rings is 2. The van der Waals surface area contributed by atoms with Gasteiger partial charge in [-0.2, -0.15) is 0 Å². The maximum Gasteiger partial charge on any atom is 0.324 e. The fourth-order valence-electron chi connectivity index (χ4n) is 2.72. The Morgan fingerprint density at radius 3 is 2.07 bits per heavy atom. The Kier molecular flexibility index (Phi) is 5.20. The zero-order chi connectivity index (χ0) is 19.3. The van der Waals surface area contributed by atoms with Gasteiger partial charge >= 0.3 is 12.0 Å². The lowest BCUT2D eigenvalue weighted by Crippen LogP contribution is -2.33. The van der Waals surface area contributed by atoms with Gasteiger partial charge in [-0.1, -0.05) is 65.8 Å². The summed E-state index contributed by atoms with van der Waals surface area (Å²) in [5, 5.41) is 13.2. The van der Waals surface area contributed by atoms with Crippen molar-refractivity contribution in [3.63, 3.8) is 0 Å². The summed E-state index contributed by atoms with van der Waals surface area (Å²) in [5.74, 6) is 0.572. The predicted octanol–water partition coefficient (Wildman–Crippen LogP) is 5.00. The molecule has 0 fully saturated rings. The van der Waals surface area contributed by atoms with Crippen LogP contribution in [0.4, 0.5) is 10.8 Å². The monoisotopic (exact) mass is 438 g/mol. The fourth-order valence-corrected chi connectivity index (χ4v) is 3.02. The third-order valence-electron chi connectivity index (χ3n) is 3.97. The minimum absolute atomic E-state index is 0.0279. The van der Waals surface area contributed by atoms with Crippen LogP contribution in [0, 0.1) is 0 Å². The van der Waals surface area contributed by atoms with Gasteiger partial charge in [0.1, 0.15) is 0 Å². The summed E-state index contributed by atoms with van der Waals surface area (Å²) in [6, 6.07) is 22.0. The molecule has 0 radical (unpaired) electrons. The molecule has 7 nitrogen and oxygen atoms in total. The molecule has 140 valence electrons. The van der Waals surface area contributed by atoms with Crippen molar-refractivity contribution in [3.05, 3.63) is 88.6 Å². The van der Waals surface area contributed by atoms with Crippen molar-refractivity contribution in [2.75, 3.05) is 5.32 Å². The number of anilines is 1. The maximum atomic E-state index is 12.5. The van der Waals surface area contributed by atoms with Crippen LogP contribution >= 0.6 is 15.9 Å². The minimum atomic E-state index is -0.464. The molecule has 0 unspecified atom stereocenters. The molecule has 8 heteroatoms. The first kappa shape index (κ1) is 18.0. The molecule has 0 saturated carbocycles. The average Bonchev–Trinajstić information content (AvgIpc) is 3.36. The summed E-state index contributed by atoms with van der Waals surface area (Å²) in [7, 11) is 0. The molecule has 0 aliphatic carbocycles. The molecule has 28 heavy (non-hydrogen) atoms. The Morgan fingerprint density at radius 1 is 0.857 bits per heavy atom. The first-order valence-electron chi connectivity index (χ1n) is 8.45. The maximum absolute atomic E-state index is 12.5. The number of furan rings is 1. The smallest absolute Gasteiger partial charge is 0.324 e. The number of nitrogens with zero attached hydrogens (tertiary/aromatic N) is 2. The molecule has 0 bridgehead atoms. The summed E-state index contributed by atoms with van der Waals surface area (Å²) in [4.78, 5) is 12.5. The van der Waals surface area contributed by atoms with E-state index in [-0.39, 0.29) is 17.9 Å². The van der Waals surface area contributed by atoms with Crippen LogP contribution in [0.15, 0.2) is 86.3 Å². The topological polar surface area (TPSA) is 93.2 Å². The summed E-state index contributed by atoms with van der Waals surface area (Å²) >= 11 is 3.21. The van der Waals surface area contributed by atoms with E-state index in [1.54, 1.807) is 12.1 Å². The fraction of sp³-hybridized carbons (Fsp3) is 0.0500. The largest absolute Gasteiger partial charge is 0.444 e. The molecule has 0 aliphatic rings. The average molecular weight is 439 g/mol. The standard InChI is InChI=1S/C20H15BrN4O3/c21-16-12-11-15(27-16)18-24-25-20(28-18)23-19(26)22-17(13-7-3-1-4-8-13)14-9-5-2-6-10-14/h1-12,17H,(H2,22,23,25,26). The highest BCUT2D eigenvalue weighted by Gasteiger charge is 2.19. The van der Waals surface area contributed by atoms with E-state index in [2.05, 4.69) is 36.8 Å². The number of rotatable bonds is 5. The summed E-state index contributed by atoms with van der Waals surface area (Å²) in [6.07, 6.45) is 0. The molecule has 4 rings (SSSR count). The van der Waals surface area contributed by atoms with Crippen molar-refractivity contribution >= 4 is 28.0 Å². The number of hydrogen-bond acceptors (Lipinski definition) is 5. The van der Waals surface area contributed by atoms with Crippen molar-refractivity contribution in [2.24, 2.45) is 0 Å². The van der Waals surface area contributed by atoms with Gasteiger partial charge in [0.05, 0.1) is 6.04 Å². The Hall–Kier alpha value is -3.39. The van der Waals surface area contributed by atoms with Crippen molar-refractivity contribution in [2.45, 2.75) is 6.04 Å². The first-order chi connectivity index (χ1) is 13.7. The molecule has 2 N–H and O–H groups in total. The quantitative estimate of drug-likeness (QED) is 0.457. The molecule has 4 aromatic rings. The second kappa shape index (κ2) is 8.10. The van der Waals surface area contributed by atoms with E-state index < -0.39 is 6.03 Å². The zero-order valence-electron chi connectivity index (χ0n) is 14.5. The van der Waals surface area contributed by atoms with Gasteiger partial charge in [-0.25, -0.2) is 4.79 Å². The van der Waals surface area contributed by atoms with Crippen molar-refractivity contribution in [3.8, 4) is 11.7 Å². The highest BCUT2D eigenvalue weighted by atomic mass is 79.9. The van der Waals surface area contributed by atoms with Crippen molar-refractivity contribution in [1.29, 1.82) is 0 Å². The van der Waals surface area contributed by atoms with Crippen LogP contribution in [0.2, 0.25) is 0 Å². The third-order valence-corrected chi connectivity index (χ3v) is 4.40. The lowest BCUT2D eigenvalue weighted by Gasteiger charge is -2.19. The number of halogens is 1. The van der Waals surface area contributed by atoms with E-state index >= 15 is 0 Å². The van der Waals surface area contributed by atoms with Crippen LogP contribution in [0.3, 0.4) is 0 Å². The molecule has 2 heterocycles. The van der Waals surface area contributed by atoms with E-state index in [1.165, 1.54) is 0 Å². The number of amides is 2. The van der Waals surface area contributed by atoms with Crippen LogP contribution in [-0.4, -0.2) is 16.2 Å². The second-order valence-electron chi connectivity index (χ2n) is 5.87. The molecule has 2 aromatic carbocycles. The van der Waals surface area contributed by atoms with Gasteiger partial charge in [0.2, 0.25) is 0 Å². The van der Waals surface area contributed by atoms with Gasteiger partial charge in [-0.3, -0.25) is 5.32 Å². The minimum Gasteiger partial charge on any atom is -0.444 e. The first-order valence-corrected chi connectivity index (χ1v) is 9.25. The number of carbonyl (C=O) groups is 1. The molecule has 0 spiro atoms. The highest BCUT2D eigenvalue weighted by molar-refractivity contribution is 9.10. The summed E-state index contributed by atoms with van der Waals surface area (Å²) < 4.78 is 11.3. The lowest BCUT2D eigenvalue weighted by molar-refractivity contribution is 0.249. The van der Waals surface area contributed by atoms with Crippen LogP contribution in [-0.2, 0) is 0 Å². The van der Waals surface area contributed by atoms with E-state index in [0.717, 1.165) is 11.1 Å². The second-order valence-corrected chi connectivity index (χ2v) is 6.65. The summed E-state index contributed by atoms with van der Waals surface area (Å²) in [6.45, 7) is 0. The Bertz CT molecular complexity index is 1020. The van der Waals surface area contributed by atoms with Gasteiger partial charge < -0.3 is 14.2 Å². The number of nitrogens with one attached hydrogen (secondary N) is 2. The van der Waals surface area contributed by atoms with Crippen molar-refractivity contribution < 1.29 is 13.6 Å². The highest BCUT2D eigenvalue weighted by Crippen LogP contribution is 2.25. The molecular weight excluding hydrogens is 424 g/mol. The number of aromatic nitrogens is 2. The van der Waals surface area contributed by atoms with Crippen LogP contribution < -0.4 is 10.6 Å². The number of carbonyl (C=O) groups excluding carboxylic acids is 1. The lowest BCUT2D eigenvalue weighted by atomic mass is 9.99. The van der Waals surface area contributed by atoms with Gasteiger partial charge in [0.15, 0.2) is 10.4 Å². The van der Waals surface area contributed by atoms with E-state index in [0.29, 0.717) is 10.4 Å². The molecule has 0 aliphatic heterocycles. The molecular formula is C20H15BrN4O3. The Morgan fingerprint density at radius 2 is 1.50 bits per heavy atom. The Balaban J connectivity index is 1.50.